The number of carbonyl (C=O) groups excluding carboxylic acids is 1. The van der Waals surface area contributed by atoms with Gasteiger partial charge in [0.15, 0.2) is 0 Å². The van der Waals surface area contributed by atoms with Crippen molar-refractivity contribution in [1.82, 2.24) is 0 Å². The molecule has 0 N–H and O–H groups in total. The average molecular weight is 453 g/mol. The molecule has 0 unspecified atom stereocenters. The fourth-order valence-corrected chi connectivity index (χ4v) is 3.28. The first-order chi connectivity index (χ1) is 16.1. The van der Waals surface area contributed by atoms with Crippen molar-refractivity contribution in [3.63, 3.8) is 0 Å². The van der Waals surface area contributed by atoms with Gasteiger partial charge in [0, 0.05) is 0 Å². The highest BCUT2D eigenvalue weighted by Crippen LogP contribution is 2.20. The lowest BCUT2D eigenvalue weighted by atomic mass is 10.1. The fourth-order valence-electron chi connectivity index (χ4n) is 3.28. The molecule has 2 rings (SSSR count). The fraction of sp³-hybridized carbons (Fsp3) is 0.483. The molecule has 0 saturated carbocycles. The quantitative estimate of drug-likeness (QED) is 0.105. The van der Waals surface area contributed by atoms with E-state index in [1.54, 1.807) is 24.3 Å². The molecular weight excluding hydrogens is 412 g/mol. The van der Waals surface area contributed by atoms with Gasteiger partial charge < -0.3 is 14.2 Å². The third-order valence-electron chi connectivity index (χ3n) is 5.68. The maximum Gasteiger partial charge on any atom is 0.343 e. The predicted molar refractivity (Wildman–Crippen MR) is 135 cm³/mol. The first kappa shape index (κ1) is 26.5. The summed E-state index contributed by atoms with van der Waals surface area (Å²) in [7, 11) is 0. The molecule has 180 valence electrons. The van der Waals surface area contributed by atoms with E-state index in [1.165, 1.54) is 38.5 Å². The van der Waals surface area contributed by atoms with E-state index in [4.69, 9.17) is 14.2 Å². The van der Waals surface area contributed by atoms with E-state index < -0.39 is 0 Å². The summed E-state index contributed by atoms with van der Waals surface area (Å²) in [6.45, 7) is 9.44. The zero-order chi connectivity index (χ0) is 23.7. The minimum atomic E-state index is -0.386. The molecule has 2 aromatic rings. The summed E-state index contributed by atoms with van der Waals surface area (Å²) in [5.74, 6) is 2.18. The van der Waals surface area contributed by atoms with Crippen LogP contribution in [-0.2, 0) is 0 Å². The van der Waals surface area contributed by atoms with Crippen molar-refractivity contribution in [2.24, 2.45) is 5.92 Å². The minimum absolute atomic E-state index is 0.386. The van der Waals surface area contributed by atoms with Crippen molar-refractivity contribution >= 4 is 5.97 Å². The van der Waals surface area contributed by atoms with E-state index in [0.29, 0.717) is 30.4 Å². The van der Waals surface area contributed by atoms with Gasteiger partial charge in [-0.1, -0.05) is 58.4 Å². The Morgan fingerprint density at radius 1 is 0.818 bits per heavy atom. The predicted octanol–water partition coefficient (Wildman–Crippen LogP) is 8.02. The first-order valence-corrected chi connectivity index (χ1v) is 12.4. The number of esters is 1. The first-order valence-electron chi connectivity index (χ1n) is 12.4. The van der Waals surface area contributed by atoms with Gasteiger partial charge >= 0.3 is 5.97 Å². The van der Waals surface area contributed by atoms with E-state index in [2.05, 4.69) is 20.4 Å². The van der Waals surface area contributed by atoms with Gasteiger partial charge in [-0.25, -0.2) is 4.79 Å². The molecule has 0 amide bonds. The summed E-state index contributed by atoms with van der Waals surface area (Å²) in [5, 5.41) is 0. The molecule has 0 saturated heterocycles. The topological polar surface area (TPSA) is 44.8 Å². The molecule has 0 fully saturated rings. The highest BCUT2D eigenvalue weighted by Gasteiger charge is 2.09. The van der Waals surface area contributed by atoms with Gasteiger partial charge in [-0.05, 0) is 73.7 Å². The second-order valence-corrected chi connectivity index (χ2v) is 8.61. The van der Waals surface area contributed by atoms with E-state index in [-0.39, 0.29) is 5.97 Å². The van der Waals surface area contributed by atoms with Gasteiger partial charge in [0.25, 0.3) is 0 Å². The normalized spacial score (nSPS) is 11.6. The number of carbonyl (C=O) groups is 1. The van der Waals surface area contributed by atoms with Gasteiger partial charge in [-0.2, -0.15) is 0 Å². The summed E-state index contributed by atoms with van der Waals surface area (Å²) in [4.78, 5) is 12.4. The van der Waals surface area contributed by atoms with Gasteiger partial charge in [-0.15, -0.1) is 6.58 Å². The second-order valence-electron chi connectivity index (χ2n) is 8.61. The van der Waals surface area contributed by atoms with Crippen molar-refractivity contribution in [2.75, 3.05) is 13.2 Å². The summed E-state index contributed by atoms with van der Waals surface area (Å²) >= 11 is 0. The van der Waals surface area contributed by atoms with Crippen molar-refractivity contribution in [3.05, 3.63) is 66.7 Å². The minimum Gasteiger partial charge on any atom is -0.494 e. The molecule has 0 aliphatic carbocycles. The standard InChI is InChI=1S/C29H40O4/c1-4-6-7-8-9-10-11-12-13-22-31-26-16-14-25(15-17-26)29(30)33-28-20-18-27(19-21-28)32-23-24(3)5-2/h4,14-21,24H,1,5-13,22-23H2,2-3H3/t24-/m0/s1. The molecule has 0 radical (unpaired) electrons. The van der Waals surface area contributed by atoms with Crippen LogP contribution in [0.2, 0.25) is 0 Å². The molecule has 2 aromatic carbocycles. The largest absolute Gasteiger partial charge is 0.494 e. The van der Waals surface area contributed by atoms with Crippen molar-refractivity contribution in [2.45, 2.75) is 71.6 Å². The number of hydrogen-bond donors (Lipinski definition) is 0. The molecule has 0 spiro atoms. The smallest absolute Gasteiger partial charge is 0.343 e. The third kappa shape index (κ3) is 11.1. The maximum atomic E-state index is 12.4. The van der Waals surface area contributed by atoms with Gasteiger partial charge in [0.1, 0.15) is 17.2 Å². The lowest BCUT2D eigenvalue weighted by Crippen LogP contribution is -2.09. The van der Waals surface area contributed by atoms with E-state index in [0.717, 1.165) is 30.8 Å². The molecule has 0 aliphatic heterocycles. The van der Waals surface area contributed by atoms with Crippen LogP contribution in [-0.4, -0.2) is 19.2 Å². The summed E-state index contributed by atoms with van der Waals surface area (Å²) in [6.07, 6.45) is 12.9. The summed E-state index contributed by atoms with van der Waals surface area (Å²) < 4.78 is 17.0. The monoisotopic (exact) mass is 452 g/mol. The SMILES string of the molecule is C=CCCCCCCCCCOc1ccc(C(=O)Oc2ccc(OC[C@@H](C)CC)cc2)cc1. The Morgan fingerprint density at radius 3 is 2.00 bits per heavy atom. The van der Waals surface area contributed by atoms with Crippen molar-refractivity contribution in [1.29, 1.82) is 0 Å². The Bertz CT molecular complexity index is 795. The van der Waals surface area contributed by atoms with Crippen LogP contribution in [0, 0.1) is 5.92 Å². The zero-order valence-electron chi connectivity index (χ0n) is 20.4. The number of benzene rings is 2. The number of unbranched alkanes of at least 4 members (excludes halogenated alkanes) is 7. The molecule has 1 atom stereocenters. The van der Waals surface area contributed by atoms with Crippen LogP contribution in [0.5, 0.6) is 17.2 Å². The van der Waals surface area contributed by atoms with E-state index in [1.807, 2.05) is 30.3 Å². The molecule has 4 nitrogen and oxygen atoms in total. The summed E-state index contributed by atoms with van der Waals surface area (Å²) in [5.41, 5.74) is 0.496. The van der Waals surface area contributed by atoms with Gasteiger partial charge in [0.05, 0.1) is 18.8 Å². The molecule has 0 aromatic heterocycles. The Morgan fingerprint density at radius 2 is 1.36 bits per heavy atom. The Labute approximate surface area is 200 Å². The van der Waals surface area contributed by atoms with Crippen LogP contribution in [0.4, 0.5) is 0 Å². The van der Waals surface area contributed by atoms with Crippen molar-refractivity contribution < 1.29 is 19.0 Å². The molecule has 0 heterocycles. The van der Waals surface area contributed by atoms with Gasteiger partial charge in [0.2, 0.25) is 0 Å². The molecule has 0 bridgehead atoms. The third-order valence-corrected chi connectivity index (χ3v) is 5.68. The van der Waals surface area contributed by atoms with Crippen LogP contribution >= 0.6 is 0 Å². The average Bonchev–Trinajstić information content (AvgIpc) is 2.85. The van der Waals surface area contributed by atoms with Crippen molar-refractivity contribution in [3.8, 4) is 17.2 Å². The number of rotatable bonds is 17. The number of allylic oxidation sites excluding steroid dienone is 1. The Balaban J connectivity index is 1.64. The highest BCUT2D eigenvalue weighted by atomic mass is 16.5. The highest BCUT2D eigenvalue weighted by molar-refractivity contribution is 5.91. The van der Waals surface area contributed by atoms with E-state index >= 15 is 0 Å². The van der Waals surface area contributed by atoms with Crippen LogP contribution in [0.15, 0.2) is 61.2 Å². The van der Waals surface area contributed by atoms with Gasteiger partial charge in [-0.3, -0.25) is 0 Å². The van der Waals surface area contributed by atoms with Crippen LogP contribution in [0.25, 0.3) is 0 Å². The molecular formula is C29H40O4. The number of ether oxygens (including phenoxy) is 3. The molecule has 33 heavy (non-hydrogen) atoms. The Kier molecular flexibility index (Phi) is 12.8. The van der Waals surface area contributed by atoms with Crippen LogP contribution < -0.4 is 14.2 Å². The van der Waals surface area contributed by atoms with E-state index in [9.17, 15) is 4.79 Å². The molecule has 0 aliphatic rings. The second kappa shape index (κ2) is 16.0. The number of hydrogen-bond acceptors (Lipinski definition) is 4. The Hall–Kier alpha value is -2.75. The summed E-state index contributed by atoms with van der Waals surface area (Å²) in [6, 6.07) is 14.3. The lowest BCUT2D eigenvalue weighted by molar-refractivity contribution is 0.0734. The maximum absolute atomic E-state index is 12.4. The molecule has 4 heteroatoms. The van der Waals surface area contributed by atoms with Crippen LogP contribution in [0.1, 0.15) is 82.0 Å². The van der Waals surface area contributed by atoms with Crippen LogP contribution in [0.3, 0.4) is 0 Å². The lowest BCUT2D eigenvalue weighted by Gasteiger charge is -2.11. The zero-order valence-corrected chi connectivity index (χ0v) is 20.4.